The number of nitrogens with one attached hydrogen (secondary N) is 1. The van der Waals surface area contributed by atoms with E-state index in [0.717, 1.165) is 11.9 Å². The minimum absolute atomic E-state index is 0.00180. The van der Waals surface area contributed by atoms with Crippen LogP contribution in [0.1, 0.15) is 31.9 Å². The van der Waals surface area contributed by atoms with E-state index in [9.17, 15) is 14.4 Å². The highest BCUT2D eigenvalue weighted by Crippen LogP contribution is 2.10. The summed E-state index contributed by atoms with van der Waals surface area (Å²) < 4.78 is 0. The molecule has 26 heavy (non-hydrogen) atoms. The van der Waals surface area contributed by atoms with Crippen LogP contribution in [-0.4, -0.2) is 57.8 Å². The number of amides is 2. The Labute approximate surface area is 152 Å². The van der Waals surface area contributed by atoms with E-state index in [-0.39, 0.29) is 23.8 Å². The van der Waals surface area contributed by atoms with Crippen LogP contribution in [0.25, 0.3) is 11.0 Å². The Kier molecular flexibility index (Phi) is 5.65. The molecule has 138 valence electrons. The topological polar surface area (TPSA) is 86.4 Å². The van der Waals surface area contributed by atoms with Crippen molar-refractivity contribution in [3.8, 4) is 0 Å². The Morgan fingerprint density at radius 2 is 1.65 bits per heavy atom. The van der Waals surface area contributed by atoms with Gasteiger partial charge in [0.15, 0.2) is 0 Å². The van der Waals surface area contributed by atoms with E-state index < -0.39 is 0 Å². The zero-order valence-electron chi connectivity index (χ0n) is 15.0. The average Bonchev–Trinajstić information content (AvgIpc) is 2.66. The molecule has 7 heteroatoms. The molecule has 2 aromatic rings. The minimum Gasteiger partial charge on any atom is -0.339 e. The molecule has 0 bridgehead atoms. The van der Waals surface area contributed by atoms with Gasteiger partial charge >= 0.3 is 0 Å². The van der Waals surface area contributed by atoms with Crippen LogP contribution in [-0.2, 0) is 16.0 Å². The molecule has 1 aliphatic rings. The largest absolute Gasteiger partial charge is 0.339 e. The van der Waals surface area contributed by atoms with Crippen molar-refractivity contribution in [1.29, 1.82) is 0 Å². The molecular formula is C19H24N4O3. The van der Waals surface area contributed by atoms with Crippen LogP contribution in [0, 0.1) is 0 Å². The van der Waals surface area contributed by atoms with E-state index in [4.69, 9.17) is 0 Å². The highest BCUT2D eigenvalue weighted by molar-refractivity contribution is 5.78. The third kappa shape index (κ3) is 4.09. The molecule has 0 aliphatic carbocycles. The van der Waals surface area contributed by atoms with Crippen LogP contribution in [0.4, 0.5) is 0 Å². The first-order chi connectivity index (χ1) is 12.6. The zero-order valence-corrected chi connectivity index (χ0v) is 15.0. The molecule has 7 nitrogen and oxygen atoms in total. The van der Waals surface area contributed by atoms with Gasteiger partial charge in [-0.3, -0.25) is 14.4 Å². The van der Waals surface area contributed by atoms with Crippen molar-refractivity contribution in [3.05, 3.63) is 40.3 Å². The van der Waals surface area contributed by atoms with Crippen LogP contribution in [0.2, 0.25) is 0 Å². The SMILES string of the molecule is CCCC(=O)N1CCN(C(=O)CCc2nc3ccccc3[nH]c2=O)CC1. The van der Waals surface area contributed by atoms with Crippen LogP contribution in [0.15, 0.2) is 29.1 Å². The van der Waals surface area contributed by atoms with E-state index in [0.29, 0.717) is 50.2 Å². The van der Waals surface area contributed by atoms with Gasteiger partial charge in [-0.05, 0) is 18.6 Å². The lowest BCUT2D eigenvalue weighted by molar-refractivity contribution is -0.139. The van der Waals surface area contributed by atoms with Crippen molar-refractivity contribution < 1.29 is 9.59 Å². The van der Waals surface area contributed by atoms with E-state index in [1.165, 1.54) is 0 Å². The Morgan fingerprint density at radius 3 is 2.31 bits per heavy atom. The predicted octanol–water partition coefficient (Wildman–Crippen LogP) is 1.33. The molecule has 0 radical (unpaired) electrons. The van der Waals surface area contributed by atoms with Gasteiger partial charge in [0.25, 0.3) is 5.56 Å². The first-order valence-corrected chi connectivity index (χ1v) is 9.12. The summed E-state index contributed by atoms with van der Waals surface area (Å²) in [6.07, 6.45) is 1.96. The van der Waals surface area contributed by atoms with E-state index >= 15 is 0 Å². The van der Waals surface area contributed by atoms with Crippen molar-refractivity contribution in [1.82, 2.24) is 19.8 Å². The van der Waals surface area contributed by atoms with Crippen molar-refractivity contribution in [2.24, 2.45) is 0 Å². The van der Waals surface area contributed by atoms with Gasteiger partial charge in [0.1, 0.15) is 5.69 Å². The highest BCUT2D eigenvalue weighted by Gasteiger charge is 2.23. The number of fused-ring (bicyclic) bond motifs is 1. The van der Waals surface area contributed by atoms with Crippen LogP contribution >= 0.6 is 0 Å². The molecule has 1 aliphatic heterocycles. The van der Waals surface area contributed by atoms with Gasteiger partial charge in [-0.25, -0.2) is 4.98 Å². The van der Waals surface area contributed by atoms with Crippen LogP contribution in [0.3, 0.4) is 0 Å². The van der Waals surface area contributed by atoms with Crippen LogP contribution in [0.5, 0.6) is 0 Å². The lowest BCUT2D eigenvalue weighted by Crippen LogP contribution is -2.50. The molecule has 0 atom stereocenters. The van der Waals surface area contributed by atoms with Gasteiger partial charge in [0.05, 0.1) is 11.0 Å². The quantitative estimate of drug-likeness (QED) is 0.876. The van der Waals surface area contributed by atoms with Gasteiger partial charge in [-0.15, -0.1) is 0 Å². The van der Waals surface area contributed by atoms with E-state index in [1.54, 1.807) is 11.0 Å². The first kappa shape index (κ1) is 18.1. The molecule has 0 saturated carbocycles. The Hall–Kier alpha value is -2.70. The number of H-pyrrole nitrogens is 1. The monoisotopic (exact) mass is 356 g/mol. The molecule has 2 amide bonds. The standard InChI is InChI=1S/C19H24N4O3/c1-2-5-17(24)22-10-12-23(13-11-22)18(25)9-8-16-19(26)21-15-7-4-3-6-14(15)20-16/h3-4,6-7H,2,5,8-13H2,1H3,(H,21,26). The van der Waals surface area contributed by atoms with Gasteiger partial charge in [-0.1, -0.05) is 19.1 Å². The smallest absolute Gasteiger partial charge is 0.270 e. The summed E-state index contributed by atoms with van der Waals surface area (Å²) in [6, 6.07) is 7.34. The first-order valence-electron chi connectivity index (χ1n) is 9.12. The number of para-hydroxylation sites is 2. The summed E-state index contributed by atoms with van der Waals surface area (Å²) >= 11 is 0. The fourth-order valence-corrected chi connectivity index (χ4v) is 3.20. The number of carbonyl (C=O) groups is 2. The van der Waals surface area contributed by atoms with Gasteiger partial charge in [0, 0.05) is 45.4 Å². The number of carbonyl (C=O) groups excluding carboxylic acids is 2. The van der Waals surface area contributed by atoms with Crippen molar-refractivity contribution in [2.45, 2.75) is 32.6 Å². The van der Waals surface area contributed by atoms with Crippen molar-refractivity contribution in [2.75, 3.05) is 26.2 Å². The third-order valence-corrected chi connectivity index (χ3v) is 4.69. The normalized spacial score (nSPS) is 14.7. The summed E-state index contributed by atoms with van der Waals surface area (Å²) in [7, 11) is 0. The molecule has 1 N–H and O–H groups in total. The van der Waals surface area contributed by atoms with Gasteiger partial charge in [-0.2, -0.15) is 0 Å². The second-order valence-electron chi connectivity index (χ2n) is 6.54. The molecule has 1 aromatic carbocycles. The summed E-state index contributed by atoms with van der Waals surface area (Å²) in [4.78, 5) is 47.2. The fourth-order valence-electron chi connectivity index (χ4n) is 3.20. The molecule has 0 spiro atoms. The summed E-state index contributed by atoms with van der Waals surface area (Å²) in [5, 5.41) is 0. The highest BCUT2D eigenvalue weighted by atomic mass is 16.2. The number of aryl methyl sites for hydroxylation is 1. The molecule has 1 fully saturated rings. The van der Waals surface area contributed by atoms with Crippen LogP contribution < -0.4 is 5.56 Å². The number of hydrogen-bond acceptors (Lipinski definition) is 4. The number of hydrogen-bond donors (Lipinski definition) is 1. The number of benzene rings is 1. The minimum atomic E-state index is -0.244. The number of nitrogens with zero attached hydrogens (tertiary/aromatic N) is 3. The molecule has 3 rings (SSSR count). The summed E-state index contributed by atoms with van der Waals surface area (Å²) in [6.45, 7) is 4.25. The van der Waals surface area contributed by atoms with E-state index in [1.807, 2.05) is 30.0 Å². The van der Waals surface area contributed by atoms with Gasteiger partial charge in [0.2, 0.25) is 11.8 Å². The number of aromatic amines is 1. The number of rotatable bonds is 5. The molecule has 2 heterocycles. The molecule has 0 unspecified atom stereocenters. The van der Waals surface area contributed by atoms with Gasteiger partial charge < -0.3 is 14.8 Å². The average molecular weight is 356 g/mol. The number of aromatic nitrogens is 2. The van der Waals surface area contributed by atoms with E-state index in [2.05, 4.69) is 9.97 Å². The number of piperazine rings is 1. The van der Waals surface area contributed by atoms with Crippen molar-refractivity contribution in [3.63, 3.8) is 0 Å². The second-order valence-corrected chi connectivity index (χ2v) is 6.54. The predicted molar refractivity (Wildman–Crippen MR) is 98.8 cm³/mol. The fraction of sp³-hybridized carbons (Fsp3) is 0.474. The molecule has 1 saturated heterocycles. The van der Waals surface area contributed by atoms with Crippen molar-refractivity contribution >= 4 is 22.8 Å². The summed E-state index contributed by atoms with van der Waals surface area (Å²) in [5.74, 6) is 0.161. The maximum Gasteiger partial charge on any atom is 0.270 e. The Morgan fingerprint density at radius 1 is 1.04 bits per heavy atom. The Bertz CT molecular complexity index is 853. The maximum atomic E-state index is 12.4. The zero-order chi connectivity index (χ0) is 18.5. The summed E-state index contributed by atoms with van der Waals surface area (Å²) in [5.41, 5.74) is 1.55. The molecule has 1 aromatic heterocycles. The second kappa shape index (κ2) is 8.12. The maximum absolute atomic E-state index is 12.4. The molecular weight excluding hydrogens is 332 g/mol. The lowest BCUT2D eigenvalue weighted by atomic mass is 10.2. The lowest BCUT2D eigenvalue weighted by Gasteiger charge is -2.34. The third-order valence-electron chi connectivity index (χ3n) is 4.69. The Balaban J connectivity index is 1.56.